The first kappa shape index (κ1) is 18.0. The van der Waals surface area contributed by atoms with Gasteiger partial charge in [0.15, 0.2) is 0 Å². The second-order valence-electron chi connectivity index (χ2n) is 8.21. The monoisotopic (exact) mass is 384 g/mol. The molecule has 0 radical (unpaired) electrons. The molecule has 0 spiro atoms. The van der Waals surface area contributed by atoms with Crippen molar-refractivity contribution in [3.8, 4) is 22.5 Å². The van der Waals surface area contributed by atoms with Crippen molar-refractivity contribution >= 4 is 5.91 Å². The molecule has 1 amide bonds. The smallest absolute Gasteiger partial charge is 0.223 e. The number of nitrogens with zero attached hydrogens (tertiary/aromatic N) is 3. The SMILES string of the molecule is CC1CC1C(=O)NCc1ccc(-c2nc(C3CC3)ncc2-c2ccccn2)cc1. The quantitative estimate of drug-likeness (QED) is 0.686. The summed E-state index contributed by atoms with van der Waals surface area (Å²) in [4.78, 5) is 26.0. The molecular formula is C24H24N4O. The summed E-state index contributed by atoms with van der Waals surface area (Å²) < 4.78 is 0. The topological polar surface area (TPSA) is 67.8 Å². The van der Waals surface area contributed by atoms with E-state index in [1.807, 2.05) is 24.4 Å². The average molecular weight is 384 g/mol. The summed E-state index contributed by atoms with van der Waals surface area (Å²) in [5, 5.41) is 3.05. The first-order chi connectivity index (χ1) is 14.2. The molecule has 2 saturated carbocycles. The molecule has 1 N–H and O–H groups in total. The third kappa shape index (κ3) is 3.90. The van der Waals surface area contributed by atoms with E-state index < -0.39 is 0 Å². The van der Waals surface area contributed by atoms with Crippen LogP contribution in [0.2, 0.25) is 0 Å². The van der Waals surface area contributed by atoms with E-state index in [2.05, 4.69) is 46.5 Å². The van der Waals surface area contributed by atoms with Gasteiger partial charge < -0.3 is 5.32 Å². The predicted molar refractivity (Wildman–Crippen MR) is 112 cm³/mol. The van der Waals surface area contributed by atoms with Gasteiger partial charge in [0.1, 0.15) is 5.82 Å². The lowest BCUT2D eigenvalue weighted by atomic mass is 10.0. The lowest BCUT2D eigenvalue weighted by Gasteiger charge is -2.11. The van der Waals surface area contributed by atoms with E-state index in [1.165, 1.54) is 12.8 Å². The summed E-state index contributed by atoms with van der Waals surface area (Å²) in [6, 6.07) is 14.2. The van der Waals surface area contributed by atoms with Crippen molar-refractivity contribution in [1.29, 1.82) is 0 Å². The molecule has 5 heteroatoms. The van der Waals surface area contributed by atoms with Crippen LogP contribution >= 0.6 is 0 Å². The minimum atomic E-state index is 0.170. The lowest BCUT2D eigenvalue weighted by molar-refractivity contribution is -0.122. The fourth-order valence-electron chi connectivity index (χ4n) is 3.65. The minimum Gasteiger partial charge on any atom is -0.352 e. The molecule has 2 unspecified atom stereocenters. The van der Waals surface area contributed by atoms with Crippen LogP contribution in [0, 0.1) is 11.8 Å². The van der Waals surface area contributed by atoms with Gasteiger partial charge in [-0.3, -0.25) is 9.78 Å². The third-order valence-electron chi connectivity index (χ3n) is 5.83. The van der Waals surface area contributed by atoms with Gasteiger partial charge in [-0.15, -0.1) is 0 Å². The van der Waals surface area contributed by atoms with Crippen molar-refractivity contribution in [2.24, 2.45) is 11.8 Å². The number of hydrogen-bond acceptors (Lipinski definition) is 4. The zero-order valence-electron chi connectivity index (χ0n) is 16.5. The zero-order chi connectivity index (χ0) is 19.8. The molecule has 2 aliphatic rings. The van der Waals surface area contributed by atoms with E-state index in [-0.39, 0.29) is 11.8 Å². The van der Waals surface area contributed by atoms with Crippen molar-refractivity contribution < 1.29 is 4.79 Å². The van der Waals surface area contributed by atoms with Gasteiger partial charge in [-0.2, -0.15) is 0 Å². The average Bonchev–Trinajstić information content (AvgIpc) is 3.69. The van der Waals surface area contributed by atoms with Gasteiger partial charge in [-0.05, 0) is 42.9 Å². The maximum atomic E-state index is 12.1. The van der Waals surface area contributed by atoms with E-state index in [4.69, 9.17) is 4.98 Å². The molecule has 2 heterocycles. The highest BCUT2D eigenvalue weighted by Crippen LogP contribution is 2.40. The van der Waals surface area contributed by atoms with Crippen LogP contribution in [0.3, 0.4) is 0 Å². The van der Waals surface area contributed by atoms with Crippen molar-refractivity contribution in [2.45, 2.75) is 38.6 Å². The van der Waals surface area contributed by atoms with Crippen LogP contribution in [0.1, 0.15) is 43.5 Å². The Hall–Kier alpha value is -3.08. The maximum absolute atomic E-state index is 12.1. The number of rotatable bonds is 6. The Kier molecular flexibility index (Phi) is 4.58. The number of amides is 1. The molecule has 0 aliphatic heterocycles. The molecular weight excluding hydrogens is 360 g/mol. The fourth-order valence-corrected chi connectivity index (χ4v) is 3.65. The standard InChI is InChI=1S/C24H24N4O/c1-15-12-19(15)24(29)27-13-16-5-7-17(8-6-16)22-20(21-4-2-3-11-25-21)14-26-23(28-22)18-9-10-18/h2-8,11,14-15,18-19H,9-10,12-13H2,1H3,(H,27,29). The molecule has 2 aliphatic carbocycles. The first-order valence-electron chi connectivity index (χ1n) is 10.3. The second kappa shape index (κ2) is 7.39. The molecule has 29 heavy (non-hydrogen) atoms. The van der Waals surface area contributed by atoms with Crippen molar-refractivity contribution in [3.63, 3.8) is 0 Å². The van der Waals surface area contributed by atoms with Crippen LogP contribution in [-0.4, -0.2) is 20.9 Å². The molecule has 0 saturated heterocycles. The van der Waals surface area contributed by atoms with Gasteiger partial charge in [-0.25, -0.2) is 9.97 Å². The Morgan fingerprint density at radius 2 is 1.90 bits per heavy atom. The van der Waals surface area contributed by atoms with E-state index in [1.54, 1.807) is 6.20 Å². The number of carbonyl (C=O) groups excluding carboxylic acids is 1. The lowest BCUT2D eigenvalue weighted by Crippen LogP contribution is -2.24. The molecule has 2 atom stereocenters. The van der Waals surface area contributed by atoms with Crippen LogP contribution in [-0.2, 0) is 11.3 Å². The minimum absolute atomic E-state index is 0.170. The van der Waals surface area contributed by atoms with Crippen LogP contribution in [0.4, 0.5) is 0 Å². The van der Waals surface area contributed by atoms with Gasteiger partial charge in [0.05, 0.1) is 11.4 Å². The second-order valence-corrected chi connectivity index (χ2v) is 8.21. The van der Waals surface area contributed by atoms with Crippen molar-refractivity contribution in [2.75, 3.05) is 0 Å². The molecule has 1 aromatic carbocycles. The Balaban J connectivity index is 1.40. The Morgan fingerprint density at radius 1 is 1.10 bits per heavy atom. The number of carbonyl (C=O) groups is 1. The van der Waals surface area contributed by atoms with E-state index in [9.17, 15) is 4.79 Å². The normalized spacial score (nSPS) is 20.3. The van der Waals surface area contributed by atoms with E-state index >= 15 is 0 Å². The van der Waals surface area contributed by atoms with Gasteiger partial charge in [0.25, 0.3) is 0 Å². The van der Waals surface area contributed by atoms with Gasteiger partial charge >= 0.3 is 0 Å². The molecule has 146 valence electrons. The summed E-state index contributed by atoms with van der Waals surface area (Å²) in [6.45, 7) is 2.68. The number of aromatic nitrogens is 3. The molecule has 2 aromatic heterocycles. The van der Waals surface area contributed by atoms with Gasteiger partial charge in [-0.1, -0.05) is 37.3 Å². The number of hydrogen-bond donors (Lipinski definition) is 1. The fraction of sp³-hybridized carbons (Fsp3) is 0.333. The summed E-state index contributed by atoms with van der Waals surface area (Å²) in [5.41, 5.74) is 4.87. The number of pyridine rings is 1. The maximum Gasteiger partial charge on any atom is 0.223 e. The summed E-state index contributed by atoms with van der Waals surface area (Å²) in [7, 11) is 0. The van der Waals surface area contributed by atoms with Crippen LogP contribution in [0.5, 0.6) is 0 Å². The largest absolute Gasteiger partial charge is 0.352 e. The zero-order valence-corrected chi connectivity index (χ0v) is 16.5. The highest BCUT2D eigenvalue weighted by Gasteiger charge is 2.38. The van der Waals surface area contributed by atoms with E-state index in [0.717, 1.165) is 40.3 Å². The van der Waals surface area contributed by atoms with Crippen molar-refractivity contribution in [3.05, 3.63) is 66.2 Å². The molecule has 5 nitrogen and oxygen atoms in total. The highest BCUT2D eigenvalue weighted by atomic mass is 16.2. The molecule has 2 fully saturated rings. The first-order valence-corrected chi connectivity index (χ1v) is 10.3. The Morgan fingerprint density at radius 3 is 2.55 bits per heavy atom. The van der Waals surface area contributed by atoms with Crippen LogP contribution < -0.4 is 5.32 Å². The van der Waals surface area contributed by atoms with Crippen LogP contribution in [0.15, 0.2) is 54.9 Å². The Labute approximate surface area is 170 Å². The summed E-state index contributed by atoms with van der Waals surface area (Å²) in [6.07, 6.45) is 7.04. The van der Waals surface area contributed by atoms with Gasteiger partial charge in [0, 0.05) is 41.9 Å². The van der Waals surface area contributed by atoms with E-state index in [0.29, 0.717) is 18.4 Å². The summed E-state index contributed by atoms with van der Waals surface area (Å²) >= 11 is 0. The molecule has 3 aromatic rings. The van der Waals surface area contributed by atoms with Gasteiger partial charge in [0.2, 0.25) is 5.91 Å². The number of benzene rings is 1. The third-order valence-corrected chi connectivity index (χ3v) is 5.83. The summed E-state index contributed by atoms with van der Waals surface area (Å²) in [5.74, 6) is 2.32. The Bertz CT molecular complexity index is 1030. The van der Waals surface area contributed by atoms with Crippen molar-refractivity contribution in [1.82, 2.24) is 20.3 Å². The molecule has 0 bridgehead atoms. The highest BCUT2D eigenvalue weighted by molar-refractivity contribution is 5.81. The number of nitrogens with one attached hydrogen (secondary N) is 1. The predicted octanol–water partition coefficient (Wildman–Crippen LogP) is 4.36. The molecule has 5 rings (SSSR count). The van der Waals surface area contributed by atoms with Crippen LogP contribution in [0.25, 0.3) is 22.5 Å².